The van der Waals surface area contributed by atoms with Crippen molar-refractivity contribution in [2.24, 2.45) is 0 Å². The van der Waals surface area contributed by atoms with E-state index in [1.54, 1.807) is 24.3 Å². The second-order valence-electron chi connectivity index (χ2n) is 5.88. The standard InChI is InChI=1S/C18H28N2O2S2/c1-5-8-13(3)23-19-17(21)15-10-7-11-16(12-15)18(22)20-24-14(4)9-6-2/h7,10-14H,5-6,8-9H2,1-4H3,(H,19,21)(H,20,22). The van der Waals surface area contributed by atoms with E-state index in [1.807, 2.05) is 0 Å². The monoisotopic (exact) mass is 368 g/mol. The van der Waals surface area contributed by atoms with E-state index in [1.165, 1.54) is 23.9 Å². The van der Waals surface area contributed by atoms with E-state index < -0.39 is 0 Å². The minimum absolute atomic E-state index is 0.162. The fourth-order valence-electron chi connectivity index (χ4n) is 2.16. The molecule has 2 unspecified atom stereocenters. The first kappa shape index (κ1) is 20.9. The van der Waals surface area contributed by atoms with E-state index in [-0.39, 0.29) is 11.8 Å². The third-order valence-corrected chi connectivity index (χ3v) is 5.37. The van der Waals surface area contributed by atoms with Crippen LogP contribution in [0.4, 0.5) is 0 Å². The molecule has 4 nitrogen and oxygen atoms in total. The molecule has 0 saturated carbocycles. The lowest BCUT2D eigenvalue weighted by molar-refractivity contribution is 0.0983. The summed E-state index contributed by atoms with van der Waals surface area (Å²) in [6.07, 6.45) is 4.29. The molecule has 0 aliphatic carbocycles. The van der Waals surface area contributed by atoms with Crippen molar-refractivity contribution in [1.29, 1.82) is 0 Å². The van der Waals surface area contributed by atoms with Crippen LogP contribution in [0.15, 0.2) is 24.3 Å². The summed E-state index contributed by atoms with van der Waals surface area (Å²) in [6.45, 7) is 8.43. The lowest BCUT2D eigenvalue weighted by Crippen LogP contribution is -2.21. The zero-order valence-corrected chi connectivity index (χ0v) is 16.6. The molecule has 0 aliphatic heterocycles. The van der Waals surface area contributed by atoms with Crippen LogP contribution in [0.5, 0.6) is 0 Å². The number of carbonyl (C=O) groups excluding carboxylic acids is 2. The molecule has 1 aromatic rings. The Morgan fingerprint density at radius 1 is 0.917 bits per heavy atom. The van der Waals surface area contributed by atoms with Gasteiger partial charge in [0, 0.05) is 21.6 Å². The molecule has 0 radical (unpaired) electrons. The van der Waals surface area contributed by atoms with E-state index in [0.717, 1.165) is 25.7 Å². The van der Waals surface area contributed by atoms with Crippen molar-refractivity contribution < 1.29 is 9.59 Å². The first-order valence-corrected chi connectivity index (χ1v) is 10.3. The van der Waals surface area contributed by atoms with Gasteiger partial charge in [0.05, 0.1) is 0 Å². The Labute approximate surface area is 154 Å². The molecule has 1 rings (SSSR count). The summed E-state index contributed by atoms with van der Waals surface area (Å²) in [4.78, 5) is 24.4. The molecule has 134 valence electrons. The number of nitrogens with one attached hydrogen (secondary N) is 2. The molecule has 24 heavy (non-hydrogen) atoms. The largest absolute Gasteiger partial charge is 0.296 e. The molecule has 1 aromatic carbocycles. The number of amides is 2. The van der Waals surface area contributed by atoms with Gasteiger partial charge in [-0.3, -0.25) is 19.0 Å². The zero-order chi connectivity index (χ0) is 17.9. The number of hydrogen-bond donors (Lipinski definition) is 2. The Morgan fingerprint density at radius 3 is 1.71 bits per heavy atom. The van der Waals surface area contributed by atoms with Crippen molar-refractivity contribution in [1.82, 2.24) is 9.44 Å². The van der Waals surface area contributed by atoms with Crippen molar-refractivity contribution in [3.63, 3.8) is 0 Å². The summed E-state index contributed by atoms with van der Waals surface area (Å²) in [5.41, 5.74) is 1.01. The Balaban J connectivity index is 2.59. The van der Waals surface area contributed by atoms with Crippen LogP contribution >= 0.6 is 23.9 Å². The lowest BCUT2D eigenvalue weighted by atomic mass is 10.1. The van der Waals surface area contributed by atoms with Crippen LogP contribution in [0.25, 0.3) is 0 Å². The van der Waals surface area contributed by atoms with Gasteiger partial charge in [-0.15, -0.1) is 0 Å². The first-order chi connectivity index (χ1) is 11.5. The maximum absolute atomic E-state index is 12.2. The molecule has 2 N–H and O–H groups in total. The van der Waals surface area contributed by atoms with E-state index in [2.05, 4.69) is 37.1 Å². The Bertz CT molecular complexity index is 494. The quantitative estimate of drug-likeness (QED) is 0.581. The molecule has 0 spiro atoms. The molecule has 0 heterocycles. The lowest BCUT2D eigenvalue weighted by Gasteiger charge is -2.12. The Kier molecular flexibility index (Phi) is 9.95. The van der Waals surface area contributed by atoms with Gasteiger partial charge in [-0.2, -0.15) is 0 Å². The van der Waals surface area contributed by atoms with Gasteiger partial charge in [0.2, 0.25) is 0 Å². The molecule has 0 bridgehead atoms. The van der Waals surface area contributed by atoms with E-state index in [4.69, 9.17) is 0 Å². The van der Waals surface area contributed by atoms with Crippen molar-refractivity contribution in [3.05, 3.63) is 35.4 Å². The third kappa shape index (κ3) is 7.62. The topological polar surface area (TPSA) is 58.2 Å². The number of carbonyl (C=O) groups is 2. The third-order valence-electron chi connectivity index (χ3n) is 3.48. The van der Waals surface area contributed by atoms with E-state index in [0.29, 0.717) is 21.6 Å². The van der Waals surface area contributed by atoms with Crippen LogP contribution < -0.4 is 9.44 Å². The Hall–Kier alpha value is -1.14. The summed E-state index contributed by atoms with van der Waals surface area (Å²) in [5.74, 6) is -0.325. The van der Waals surface area contributed by atoms with Crippen LogP contribution in [0.3, 0.4) is 0 Å². The predicted octanol–water partition coefficient (Wildman–Crippen LogP) is 4.82. The highest BCUT2D eigenvalue weighted by Crippen LogP contribution is 2.15. The number of benzene rings is 1. The first-order valence-electron chi connectivity index (χ1n) is 8.49. The smallest absolute Gasteiger partial charge is 0.261 e. The number of rotatable bonds is 10. The van der Waals surface area contributed by atoms with Crippen LogP contribution in [0.1, 0.15) is 74.1 Å². The normalized spacial score (nSPS) is 13.2. The molecule has 2 atom stereocenters. The molecule has 0 saturated heterocycles. The molecular formula is C18H28N2O2S2. The SMILES string of the molecule is CCCC(C)SNC(=O)c1cccc(C(=O)NSC(C)CCC)c1. The predicted molar refractivity (Wildman–Crippen MR) is 105 cm³/mol. The zero-order valence-electron chi connectivity index (χ0n) is 14.9. The second-order valence-corrected chi connectivity index (χ2v) is 8.37. The fourth-order valence-corrected chi connectivity index (χ4v) is 3.72. The maximum atomic E-state index is 12.2. The summed E-state index contributed by atoms with van der Waals surface area (Å²) < 4.78 is 5.71. The van der Waals surface area contributed by atoms with Crippen LogP contribution in [-0.2, 0) is 0 Å². The van der Waals surface area contributed by atoms with E-state index in [9.17, 15) is 9.59 Å². The summed E-state index contributed by atoms with van der Waals surface area (Å²) in [5, 5.41) is 0.753. The highest BCUT2D eigenvalue weighted by molar-refractivity contribution is 7.98. The fraction of sp³-hybridized carbons (Fsp3) is 0.556. The molecule has 0 aromatic heterocycles. The van der Waals surface area contributed by atoms with Gasteiger partial charge in [-0.25, -0.2) is 0 Å². The van der Waals surface area contributed by atoms with Crippen LogP contribution in [0.2, 0.25) is 0 Å². The highest BCUT2D eigenvalue weighted by atomic mass is 32.2. The molecule has 2 amide bonds. The van der Waals surface area contributed by atoms with Crippen molar-refractivity contribution in [3.8, 4) is 0 Å². The summed E-state index contributed by atoms with van der Waals surface area (Å²) >= 11 is 2.87. The van der Waals surface area contributed by atoms with Gasteiger partial charge < -0.3 is 0 Å². The van der Waals surface area contributed by atoms with Gasteiger partial charge in [-0.1, -0.05) is 46.6 Å². The van der Waals surface area contributed by atoms with E-state index >= 15 is 0 Å². The second kappa shape index (κ2) is 11.4. The molecule has 0 aliphatic rings. The minimum Gasteiger partial charge on any atom is -0.296 e. The van der Waals surface area contributed by atoms with Crippen LogP contribution in [-0.4, -0.2) is 22.3 Å². The summed E-state index contributed by atoms with van der Waals surface area (Å²) in [6, 6.07) is 6.83. The van der Waals surface area contributed by atoms with Gasteiger partial charge >= 0.3 is 0 Å². The summed E-state index contributed by atoms with van der Waals surface area (Å²) in [7, 11) is 0. The van der Waals surface area contributed by atoms with Gasteiger partial charge in [-0.05, 0) is 54.9 Å². The average molecular weight is 369 g/mol. The van der Waals surface area contributed by atoms with Gasteiger partial charge in [0.1, 0.15) is 0 Å². The Morgan fingerprint density at radius 2 is 1.33 bits per heavy atom. The minimum atomic E-state index is -0.162. The molecular weight excluding hydrogens is 340 g/mol. The van der Waals surface area contributed by atoms with Crippen molar-refractivity contribution in [2.45, 2.75) is 63.9 Å². The van der Waals surface area contributed by atoms with Crippen molar-refractivity contribution in [2.75, 3.05) is 0 Å². The highest BCUT2D eigenvalue weighted by Gasteiger charge is 2.13. The maximum Gasteiger partial charge on any atom is 0.261 e. The van der Waals surface area contributed by atoms with Gasteiger partial charge in [0.25, 0.3) is 11.8 Å². The van der Waals surface area contributed by atoms with Crippen LogP contribution in [0, 0.1) is 0 Å². The number of hydrogen-bond acceptors (Lipinski definition) is 4. The molecule has 6 heteroatoms. The van der Waals surface area contributed by atoms with Gasteiger partial charge in [0.15, 0.2) is 0 Å². The molecule has 0 fully saturated rings. The van der Waals surface area contributed by atoms with Crippen molar-refractivity contribution >= 4 is 35.7 Å². The average Bonchev–Trinajstić information content (AvgIpc) is 2.58.